The Morgan fingerprint density at radius 2 is 1.85 bits per heavy atom. The van der Waals surface area contributed by atoms with Crippen molar-refractivity contribution in [2.45, 2.75) is 32.7 Å². The lowest BCUT2D eigenvalue weighted by Gasteiger charge is -2.22. The number of hydrogen-bond donors (Lipinski definition) is 2. The molecule has 1 rings (SSSR count). The largest absolute Gasteiger partial charge is 0.271 e. The van der Waals surface area contributed by atoms with E-state index in [1.54, 1.807) is 0 Å². The van der Waals surface area contributed by atoms with Gasteiger partial charge in [0, 0.05) is 6.54 Å². The maximum atomic E-state index is 5.32. The van der Waals surface area contributed by atoms with Gasteiger partial charge in [-0.3, -0.25) is 11.3 Å². The van der Waals surface area contributed by atoms with E-state index in [1.807, 2.05) is 6.07 Å². The van der Waals surface area contributed by atoms with Gasteiger partial charge in [0.2, 0.25) is 0 Å². The summed E-state index contributed by atoms with van der Waals surface area (Å²) < 4.78 is 0. The lowest BCUT2D eigenvalue weighted by Crippen LogP contribution is -2.24. The van der Waals surface area contributed by atoms with Crippen molar-refractivity contribution < 1.29 is 0 Å². The van der Waals surface area contributed by atoms with Crippen molar-refractivity contribution in [3.05, 3.63) is 35.4 Å². The van der Waals surface area contributed by atoms with Gasteiger partial charge in [-0.05, 0) is 16.5 Å². The van der Waals surface area contributed by atoms with Gasteiger partial charge in [-0.2, -0.15) is 0 Å². The fraction of sp³-hybridized carbons (Fsp3) is 0.455. The van der Waals surface area contributed by atoms with Gasteiger partial charge in [-0.25, -0.2) is 0 Å². The summed E-state index contributed by atoms with van der Waals surface area (Å²) in [6.07, 6.45) is 0. The van der Waals surface area contributed by atoms with Crippen LogP contribution in [0.5, 0.6) is 0 Å². The average molecular weight is 178 g/mol. The molecule has 3 N–H and O–H groups in total. The zero-order chi connectivity index (χ0) is 9.90. The molecule has 13 heavy (non-hydrogen) atoms. The molecular formula is C11H18N2. The number of hydrazine groups is 1. The van der Waals surface area contributed by atoms with E-state index in [0.717, 1.165) is 6.54 Å². The maximum absolute atomic E-state index is 5.32. The van der Waals surface area contributed by atoms with Crippen LogP contribution in [-0.4, -0.2) is 0 Å². The maximum Gasteiger partial charge on any atom is 0.0351 e. The number of hydrogen-bond acceptors (Lipinski definition) is 2. The van der Waals surface area contributed by atoms with E-state index >= 15 is 0 Å². The molecule has 72 valence electrons. The molecule has 0 amide bonds. The Bertz CT molecular complexity index is 274. The Kier molecular flexibility index (Phi) is 3.07. The van der Waals surface area contributed by atoms with Crippen LogP contribution in [0.1, 0.15) is 31.9 Å². The van der Waals surface area contributed by atoms with Crippen molar-refractivity contribution in [3.63, 3.8) is 0 Å². The third-order valence-electron chi connectivity index (χ3n) is 2.12. The summed E-state index contributed by atoms with van der Waals surface area (Å²) in [6.45, 7) is 7.36. The van der Waals surface area contributed by atoms with Crippen molar-refractivity contribution in [1.29, 1.82) is 0 Å². The van der Waals surface area contributed by atoms with E-state index in [1.165, 1.54) is 11.1 Å². The van der Waals surface area contributed by atoms with Gasteiger partial charge in [0.05, 0.1) is 0 Å². The third kappa shape index (κ3) is 2.54. The highest BCUT2D eigenvalue weighted by atomic mass is 15.2. The third-order valence-corrected chi connectivity index (χ3v) is 2.12. The number of nitrogens with two attached hydrogens (primary N) is 1. The molecule has 0 fully saturated rings. The van der Waals surface area contributed by atoms with E-state index < -0.39 is 0 Å². The standard InChI is InChI=1S/C11H18N2/c1-11(2,3)10-7-5-4-6-9(10)8-13-12/h4-7,13H,8,12H2,1-3H3. The van der Waals surface area contributed by atoms with Gasteiger partial charge in [-0.15, -0.1) is 0 Å². The molecular weight excluding hydrogens is 160 g/mol. The van der Waals surface area contributed by atoms with Crippen molar-refractivity contribution in [2.75, 3.05) is 0 Å². The Labute approximate surface area is 80.1 Å². The molecule has 2 heteroatoms. The minimum absolute atomic E-state index is 0.188. The predicted octanol–water partition coefficient (Wildman–Crippen LogP) is 1.95. The van der Waals surface area contributed by atoms with Gasteiger partial charge in [0.25, 0.3) is 0 Å². The molecule has 2 nitrogen and oxygen atoms in total. The summed E-state index contributed by atoms with van der Waals surface area (Å²) in [5.74, 6) is 5.32. The quantitative estimate of drug-likeness (QED) is 0.536. The topological polar surface area (TPSA) is 38.0 Å². The van der Waals surface area contributed by atoms with Gasteiger partial charge in [-0.1, -0.05) is 45.0 Å². The molecule has 0 aliphatic rings. The predicted molar refractivity (Wildman–Crippen MR) is 56.2 cm³/mol. The summed E-state index contributed by atoms with van der Waals surface area (Å²) in [5.41, 5.74) is 5.51. The molecule has 0 atom stereocenters. The van der Waals surface area contributed by atoms with Crippen LogP contribution in [-0.2, 0) is 12.0 Å². The van der Waals surface area contributed by atoms with E-state index in [-0.39, 0.29) is 5.41 Å². The molecule has 0 bridgehead atoms. The lowest BCUT2D eigenvalue weighted by molar-refractivity contribution is 0.576. The van der Waals surface area contributed by atoms with Crippen LogP contribution in [0.25, 0.3) is 0 Å². The first-order valence-electron chi connectivity index (χ1n) is 4.57. The zero-order valence-corrected chi connectivity index (χ0v) is 8.59. The molecule has 0 unspecified atom stereocenters. The number of rotatable bonds is 2. The number of nitrogens with one attached hydrogen (secondary N) is 1. The van der Waals surface area contributed by atoms with Crippen molar-refractivity contribution in [3.8, 4) is 0 Å². The van der Waals surface area contributed by atoms with Crippen molar-refractivity contribution in [1.82, 2.24) is 5.43 Å². The van der Waals surface area contributed by atoms with E-state index in [9.17, 15) is 0 Å². The second kappa shape index (κ2) is 3.90. The van der Waals surface area contributed by atoms with Gasteiger partial charge in [0.15, 0.2) is 0 Å². The Morgan fingerprint density at radius 1 is 1.23 bits per heavy atom. The molecule has 0 spiro atoms. The molecule has 0 aliphatic carbocycles. The van der Waals surface area contributed by atoms with Crippen molar-refractivity contribution >= 4 is 0 Å². The van der Waals surface area contributed by atoms with Crippen LogP contribution in [0.2, 0.25) is 0 Å². The molecule has 0 heterocycles. The second-order valence-corrected chi connectivity index (χ2v) is 4.29. The fourth-order valence-corrected chi connectivity index (χ4v) is 1.52. The number of benzene rings is 1. The molecule has 0 aliphatic heterocycles. The second-order valence-electron chi connectivity index (χ2n) is 4.29. The Balaban J connectivity index is 3.05. The van der Waals surface area contributed by atoms with Crippen LogP contribution >= 0.6 is 0 Å². The molecule has 1 aromatic rings. The van der Waals surface area contributed by atoms with Crippen LogP contribution in [0.4, 0.5) is 0 Å². The SMILES string of the molecule is CC(C)(C)c1ccccc1CNN. The Morgan fingerprint density at radius 3 is 2.38 bits per heavy atom. The smallest absolute Gasteiger partial charge is 0.0351 e. The highest BCUT2D eigenvalue weighted by molar-refractivity contribution is 5.32. The highest BCUT2D eigenvalue weighted by Crippen LogP contribution is 2.25. The van der Waals surface area contributed by atoms with E-state index in [4.69, 9.17) is 5.84 Å². The minimum Gasteiger partial charge on any atom is -0.271 e. The fourth-order valence-electron chi connectivity index (χ4n) is 1.52. The molecule has 0 saturated carbocycles. The van der Waals surface area contributed by atoms with Crippen LogP contribution in [0, 0.1) is 0 Å². The first kappa shape index (κ1) is 10.2. The van der Waals surface area contributed by atoms with Crippen molar-refractivity contribution in [2.24, 2.45) is 5.84 Å². The zero-order valence-electron chi connectivity index (χ0n) is 8.59. The molecule has 1 aromatic carbocycles. The summed E-state index contributed by atoms with van der Waals surface area (Å²) >= 11 is 0. The monoisotopic (exact) mass is 178 g/mol. The van der Waals surface area contributed by atoms with Gasteiger partial charge in [0.1, 0.15) is 0 Å². The van der Waals surface area contributed by atoms with E-state index in [0.29, 0.717) is 0 Å². The van der Waals surface area contributed by atoms with Gasteiger partial charge < -0.3 is 0 Å². The first-order valence-corrected chi connectivity index (χ1v) is 4.57. The van der Waals surface area contributed by atoms with Gasteiger partial charge >= 0.3 is 0 Å². The lowest BCUT2D eigenvalue weighted by atomic mass is 9.84. The summed E-state index contributed by atoms with van der Waals surface area (Å²) in [6, 6.07) is 8.38. The molecule has 0 radical (unpaired) electrons. The highest BCUT2D eigenvalue weighted by Gasteiger charge is 2.16. The molecule has 0 saturated heterocycles. The average Bonchev–Trinajstić information content (AvgIpc) is 2.04. The first-order chi connectivity index (χ1) is 6.05. The minimum atomic E-state index is 0.188. The van der Waals surface area contributed by atoms with Crippen LogP contribution < -0.4 is 11.3 Å². The Hall–Kier alpha value is -0.860. The summed E-state index contributed by atoms with van der Waals surface area (Å²) in [5, 5.41) is 0. The normalized spacial score (nSPS) is 11.7. The van der Waals surface area contributed by atoms with E-state index in [2.05, 4.69) is 44.4 Å². The molecule has 0 aromatic heterocycles. The summed E-state index contributed by atoms with van der Waals surface area (Å²) in [7, 11) is 0. The van der Waals surface area contributed by atoms with Crippen LogP contribution in [0.3, 0.4) is 0 Å². The summed E-state index contributed by atoms with van der Waals surface area (Å²) in [4.78, 5) is 0. The van der Waals surface area contributed by atoms with Crippen LogP contribution in [0.15, 0.2) is 24.3 Å².